The topological polar surface area (TPSA) is 41.6 Å². The molecular formula is C18H21BrN2O2. The maximum Gasteiger partial charge on any atom is 0.251 e. The summed E-state index contributed by atoms with van der Waals surface area (Å²) in [4.78, 5) is 14.3. The lowest BCUT2D eigenvalue weighted by Crippen LogP contribution is -2.34. The quantitative estimate of drug-likeness (QED) is 0.838. The Morgan fingerprint density at radius 1 is 1.13 bits per heavy atom. The molecule has 2 aromatic carbocycles. The van der Waals surface area contributed by atoms with E-state index in [0.717, 1.165) is 15.8 Å². The van der Waals surface area contributed by atoms with Crippen molar-refractivity contribution in [2.24, 2.45) is 0 Å². The molecule has 0 aliphatic carbocycles. The maximum absolute atomic E-state index is 12.2. The lowest BCUT2D eigenvalue weighted by atomic mass is 10.1. The molecule has 1 amide bonds. The molecule has 0 aliphatic rings. The summed E-state index contributed by atoms with van der Waals surface area (Å²) >= 11 is 3.37. The second kappa shape index (κ2) is 8.13. The number of likely N-dealkylation sites (N-methyl/N-ethyl adjacent to an activating group) is 1. The number of amides is 1. The number of nitrogens with zero attached hydrogens (tertiary/aromatic N) is 1. The van der Waals surface area contributed by atoms with Crippen LogP contribution < -0.4 is 10.1 Å². The molecule has 1 atom stereocenters. The molecule has 23 heavy (non-hydrogen) atoms. The summed E-state index contributed by atoms with van der Waals surface area (Å²) in [6.07, 6.45) is 0. The Kier molecular flexibility index (Phi) is 6.19. The third kappa shape index (κ3) is 4.81. The molecule has 0 spiro atoms. The standard InChI is InChI=1S/C18H21BrN2O2/c1-21(2)17(13-6-10-16(23-3)11-7-13)12-20-18(22)14-4-8-15(19)9-5-14/h4-11,17H,12H2,1-3H3,(H,20,22)/t17-/m1/s1. The van der Waals surface area contributed by atoms with Gasteiger partial charge in [-0.1, -0.05) is 28.1 Å². The van der Waals surface area contributed by atoms with Crippen molar-refractivity contribution in [3.63, 3.8) is 0 Å². The number of benzene rings is 2. The minimum Gasteiger partial charge on any atom is -0.497 e. The Labute approximate surface area is 145 Å². The van der Waals surface area contributed by atoms with E-state index >= 15 is 0 Å². The zero-order valence-electron chi connectivity index (χ0n) is 13.5. The molecule has 0 unspecified atom stereocenters. The fourth-order valence-corrected chi connectivity index (χ4v) is 2.58. The summed E-state index contributed by atoms with van der Waals surface area (Å²) in [5.41, 5.74) is 1.78. The Morgan fingerprint density at radius 3 is 2.26 bits per heavy atom. The van der Waals surface area contributed by atoms with Gasteiger partial charge >= 0.3 is 0 Å². The van der Waals surface area contributed by atoms with E-state index in [9.17, 15) is 4.79 Å². The van der Waals surface area contributed by atoms with Crippen molar-refractivity contribution in [1.29, 1.82) is 0 Å². The first kappa shape index (κ1) is 17.5. The summed E-state index contributed by atoms with van der Waals surface area (Å²) in [6.45, 7) is 0.536. The van der Waals surface area contributed by atoms with Gasteiger partial charge in [0.1, 0.15) is 5.75 Å². The van der Waals surface area contributed by atoms with Gasteiger partial charge < -0.3 is 15.0 Å². The first-order valence-electron chi connectivity index (χ1n) is 7.35. The van der Waals surface area contributed by atoms with Crippen molar-refractivity contribution < 1.29 is 9.53 Å². The van der Waals surface area contributed by atoms with Crippen LogP contribution in [0.2, 0.25) is 0 Å². The summed E-state index contributed by atoms with van der Waals surface area (Å²) in [5, 5.41) is 3.00. The van der Waals surface area contributed by atoms with Gasteiger partial charge in [-0.15, -0.1) is 0 Å². The van der Waals surface area contributed by atoms with Crippen LogP contribution in [0.4, 0.5) is 0 Å². The van der Waals surface area contributed by atoms with Crippen LogP contribution in [-0.4, -0.2) is 38.6 Å². The van der Waals surface area contributed by atoms with E-state index < -0.39 is 0 Å². The second-order valence-corrected chi connectivity index (χ2v) is 6.39. The molecular weight excluding hydrogens is 356 g/mol. The average molecular weight is 377 g/mol. The SMILES string of the molecule is COc1ccc([C@@H](CNC(=O)c2ccc(Br)cc2)N(C)C)cc1. The monoisotopic (exact) mass is 376 g/mol. The van der Waals surface area contributed by atoms with Gasteiger partial charge in [0, 0.05) is 16.6 Å². The summed E-state index contributed by atoms with van der Waals surface area (Å²) < 4.78 is 6.14. The fourth-order valence-electron chi connectivity index (χ4n) is 2.32. The first-order valence-corrected chi connectivity index (χ1v) is 8.14. The molecule has 4 nitrogen and oxygen atoms in total. The van der Waals surface area contributed by atoms with Crippen LogP contribution in [-0.2, 0) is 0 Å². The van der Waals surface area contributed by atoms with Crippen LogP contribution >= 0.6 is 15.9 Å². The Balaban J connectivity index is 2.04. The summed E-state index contributed by atoms with van der Waals surface area (Å²) in [5.74, 6) is 0.753. The molecule has 0 fully saturated rings. The molecule has 0 aliphatic heterocycles. The highest BCUT2D eigenvalue weighted by atomic mass is 79.9. The second-order valence-electron chi connectivity index (χ2n) is 5.47. The molecule has 2 aromatic rings. The third-order valence-electron chi connectivity index (χ3n) is 3.69. The number of hydrogen-bond acceptors (Lipinski definition) is 3. The highest BCUT2D eigenvalue weighted by Gasteiger charge is 2.16. The van der Waals surface area contributed by atoms with Crippen LogP contribution in [0.25, 0.3) is 0 Å². The summed E-state index contributed by atoms with van der Waals surface area (Å²) in [7, 11) is 5.65. The molecule has 0 saturated heterocycles. The maximum atomic E-state index is 12.2. The molecule has 1 N–H and O–H groups in total. The van der Waals surface area contributed by atoms with Gasteiger partial charge in [0.15, 0.2) is 0 Å². The van der Waals surface area contributed by atoms with Gasteiger partial charge in [0.25, 0.3) is 5.91 Å². The molecule has 0 heterocycles. The van der Waals surface area contributed by atoms with E-state index in [0.29, 0.717) is 12.1 Å². The highest BCUT2D eigenvalue weighted by molar-refractivity contribution is 9.10. The lowest BCUT2D eigenvalue weighted by Gasteiger charge is -2.25. The van der Waals surface area contributed by atoms with Gasteiger partial charge in [0.2, 0.25) is 0 Å². The molecule has 5 heteroatoms. The number of ether oxygens (including phenoxy) is 1. The largest absolute Gasteiger partial charge is 0.497 e. The van der Waals surface area contributed by atoms with Crippen LogP contribution in [0, 0.1) is 0 Å². The van der Waals surface area contributed by atoms with Gasteiger partial charge in [-0.05, 0) is 56.1 Å². The van der Waals surface area contributed by atoms with Crippen molar-refractivity contribution in [2.45, 2.75) is 6.04 Å². The molecule has 0 radical (unpaired) electrons. The van der Waals surface area contributed by atoms with Gasteiger partial charge in [-0.25, -0.2) is 0 Å². The highest BCUT2D eigenvalue weighted by Crippen LogP contribution is 2.21. The van der Waals surface area contributed by atoms with Crippen LogP contribution in [0.3, 0.4) is 0 Å². The smallest absolute Gasteiger partial charge is 0.251 e. The van der Waals surface area contributed by atoms with Gasteiger partial charge in [-0.3, -0.25) is 4.79 Å². The Bertz CT molecular complexity index is 639. The van der Waals surface area contributed by atoms with Gasteiger partial charge in [-0.2, -0.15) is 0 Å². The van der Waals surface area contributed by atoms with E-state index in [2.05, 4.69) is 26.1 Å². The fraction of sp³-hybridized carbons (Fsp3) is 0.278. The van der Waals surface area contributed by atoms with E-state index in [-0.39, 0.29) is 11.9 Å². The Hall–Kier alpha value is -1.85. The number of halogens is 1. The lowest BCUT2D eigenvalue weighted by molar-refractivity contribution is 0.0942. The minimum atomic E-state index is -0.0714. The van der Waals surface area contributed by atoms with Crippen LogP contribution in [0.15, 0.2) is 53.0 Å². The van der Waals surface area contributed by atoms with Crippen molar-refractivity contribution in [2.75, 3.05) is 27.7 Å². The van der Waals surface area contributed by atoms with E-state index in [4.69, 9.17) is 4.74 Å². The molecule has 0 aromatic heterocycles. The minimum absolute atomic E-state index is 0.0714. The third-order valence-corrected chi connectivity index (χ3v) is 4.21. The number of methoxy groups -OCH3 is 1. The van der Waals surface area contributed by atoms with E-state index in [1.807, 2.05) is 50.5 Å². The number of carbonyl (C=O) groups is 1. The van der Waals surface area contributed by atoms with Gasteiger partial charge in [0.05, 0.1) is 13.2 Å². The van der Waals surface area contributed by atoms with Crippen molar-refractivity contribution in [1.82, 2.24) is 10.2 Å². The van der Waals surface area contributed by atoms with Crippen molar-refractivity contribution >= 4 is 21.8 Å². The number of nitrogens with one attached hydrogen (secondary N) is 1. The zero-order chi connectivity index (χ0) is 16.8. The predicted molar refractivity (Wildman–Crippen MR) is 95.9 cm³/mol. The number of carbonyl (C=O) groups excluding carboxylic acids is 1. The zero-order valence-corrected chi connectivity index (χ0v) is 15.1. The van der Waals surface area contributed by atoms with E-state index in [1.54, 1.807) is 19.2 Å². The summed E-state index contributed by atoms with van der Waals surface area (Å²) in [6, 6.07) is 15.3. The predicted octanol–water partition coefficient (Wildman–Crippen LogP) is 3.49. The molecule has 2 rings (SSSR count). The van der Waals surface area contributed by atoms with E-state index in [1.165, 1.54) is 0 Å². The number of hydrogen-bond donors (Lipinski definition) is 1. The van der Waals surface area contributed by atoms with Crippen LogP contribution in [0.5, 0.6) is 5.75 Å². The van der Waals surface area contributed by atoms with Crippen LogP contribution in [0.1, 0.15) is 22.0 Å². The molecule has 0 bridgehead atoms. The molecule has 0 saturated carbocycles. The normalized spacial score (nSPS) is 12.0. The first-order chi connectivity index (χ1) is 11.0. The number of rotatable bonds is 6. The van der Waals surface area contributed by atoms with Crippen molar-refractivity contribution in [3.05, 3.63) is 64.1 Å². The Morgan fingerprint density at radius 2 is 1.74 bits per heavy atom. The molecule has 122 valence electrons. The average Bonchev–Trinajstić information content (AvgIpc) is 2.55. The van der Waals surface area contributed by atoms with Crippen molar-refractivity contribution in [3.8, 4) is 5.75 Å².